The van der Waals surface area contributed by atoms with Crippen LogP contribution in [0.4, 0.5) is 0 Å². The van der Waals surface area contributed by atoms with E-state index in [1.165, 1.54) is 0 Å². The maximum Gasteiger partial charge on any atom is 0.256 e. The number of para-hydroxylation sites is 1. The number of hydrogen-bond acceptors (Lipinski definition) is 3. The van der Waals surface area contributed by atoms with Crippen LogP contribution in [-0.2, 0) is 9.59 Å². The predicted octanol–water partition coefficient (Wildman–Crippen LogP) is 3.79. The highest BCUT2D eigenvalue weighted by Crippen LogP contribution is 2.21. The maximum atomic E-state index is 12.7. The van der Waals surface area contributed by atoms with Crippen LogP contribution >= 0.6 is 0 Å². The number of carbonyl (C=O) groups excluding carboxylic acids is 2. The molecule has 0 saturated heterocycles. The quantitative estimate of drug-likeness (QED) is 0.352. The zero-order valence-corrected chi connectivity index (χ0v) is 17.3. The van der Waals surface area contributed by atoms with Crippen molar-refractivity contribution in [1.82, 2.24) is 10.6 Å². The van der Waals surface area contributed by atoms with Crippen LogP contribution in [0.5, 0.6) is 5.75 Å². The monoisotopic (exact) mass is 374 g/mol. The van der Waals surface area contributed by atoms with E-state index in [9.17, 15) is 9.59 Å². The lowest BCUT2D eigenvalue weighted by Crippen LogP contribution is -2.36. The Bertz CT molecular complexity index is 608. The summed E-state index contributed by atoms with van der Waals surface area (Å²) in [6.07, 6.45) is 3.34. The maximum absolute atomic E-state index is 12.7. The molecule has 0 aliphatic carbocycles. The van der Waals surface area contributed by atoms with Gasteiger partial charge in [-0.3, -0.25) is 9.59 Å². The summed E-state index contributed by atoms with van der Waals surface area (Å²) in [6, 6.07) is 7.40. The molecular formula is C22H34N2O3. The molecule has 5 nitrogen and oxygen atoms in total. The van der Waals surface area contributed by atoms with Gasteiger partial charge in [0.25, 0.3) is 11.8 Å². The normalized spacial score (nSPS) is 10.6. The highest BCUT2D eigenvalue weighted by Gasteiger charge is 2.19. The summed E-state index contributed by atoms with van der Waals surface area (Å²) in [5, 5.41) is 5.71. The fourth-order valence-corrected chi connectivity index (χ4v) is 2.42. The van der Waals surface area contributed by atoms with Gasteiger partial charge in [-0.15, -0.1) is 0 Å². The lowest BCUT2D eigenvalue weighted by Gasteiger charge is -2.13. The van der Waals surface area contributed by atoms with Gasteiger partial charge in [0, 0.05) is 18.7 Å². The number of nitrogens with one attached hydrogen (secondary N) is 2. The molecule has 1 aromatic carbocycles. The molecule has 150 valence electrons. The van der Waals surface area contributed by atoms with Crippen LogP contribution in [0.3, 0.4) is 0 Å². The van der Waals surface area contributed by atoms with Crippen molar-refractivity contribution in [1.29, 1.82) is 0 Å². The van der Waals surface area contributed by atoms with E-state index in [1.54, 1.807) is 6.08 Å². The van der Waals surface area contributed by atoms with Crippen LogP contribution in [-0.4, -0.2) is 31.5 Å². The molecule has 2 amide bonds. The van der Waals surface area contributed by atoms with Gasteiger partial charge in [0.2, 0.25) is 0 Å². The smallest absolute Gasteiger partial charge is 0.256 e. The second-order valence-electron chi connectivity index (χ2n) is 7.41. The minimum absolute atomic E-state index is 0.106. The number of amides is 2. The fraction of sp³-hybridized carbons (Fsp3) is 0.545. The highest BCUT2D eigenvalue weighted by atomic mass is 16.5. The van der Waals surface area contributed by atoms with Crippen LogP contribution in [0.2, 0.25) is 0 Å². The summed E-state index contributed by atoms with van der Waals surface area (Å²) in [6.45, 7) is 11.9. The molecule has 0 fully saturated rings. The molecule has 0 aliphatic heterocycles. The second kappa shape index (κ2) is 12.2. The third kappa shape index (κ3) is 8.76. The second-order valence-corrected chi connectivity index (χ2v) is 7.41. The minimum atomic E-state index is -0.357. The first-order chi connectivity index (χ1) is 12.8. The molecule has 0 unspecified atom stereocenters. The molecule has 1 aromatic rings. The summed E-state index contributed by atoms with van der Waals surface area (Å²) >= 11 is 0. The van der Waals surface area contributed by atoms with Crippen molar-refractivity contribution in [2.45, 2.75) is 47.5 Å². The number of rotatable bonds is 11. The summed E-state index contributed by atoms with van der Waals surface area (Å²) < 4.78 is 5.61. The Hall–Kier alpha value is -2.30. The zero-order chi connectivity index (χ0) is 20.2. The van der Waals surface area contributed by atoms with Crippen molar-refractivity contribution < 1.29 is 14.3 Å². The van der Waals surface area contributed by atoms with Crippen molar-refractivity contribution >= 4 is 17.9 Å². The molecule has 2 N–H and O–H groups in total. The summed E-state index contributed by atoms with van der Waals surface area (Å²) in [5.74, 6) is 0.906. The summed E-state index contributed by atoms with van der Waals surface area (Å²) in [7, 11) is 0. The van der Waals surface area contributed by atoms with E-state index < -0.39 is 0 Å². The van der Waals surface area contributed by atoms with Crippen molar-refractivity contribution in [2.75, 3.05) is 19.7 Å². The van der Waals surface area contributed by atoms with Crippen LogP contribution in [0.25, 0.3) is 6.08 Å². The van der Waals surface area contributed by atoms with Crippen LogP contribution in [0.1, 0.15) is 53.0 Å². The van der Waals surface area contributed by atoms with Crippen molar-refractivity contribution in [2.24, 2.45) is 11.8 Å². The first kappa shape index (κ1) is 22.7. The largest absolute Gasteiger partial charge is 0.493 e. The fourth-order valence-electron chi connectivity index (χ4n) is 2.42. The Morgan fingerprint density at radius 3 is 1.96 bits per heavy atom. The molecule has 0 radical (unpaired) electrons. The number of ether oxygens (including phenoxy) is 1. The van der Waals surface area contributed by atoms with Crippen LogP contribution in [0, 0.1) is 11.8 Å². The molecule has 0 spiro atoms. The van der Waals surface area contributed by atoms with Crippen molar-refractivity contribution in [3.05, 3.63) is 35.4 Å². The van der Waals surface area contributed by atoms with Crippen molar-refractivity contribution in [3.8, 4) is 5.75 Å². The van der Waals surface area contributed by atoms with Gasteiger partial charge in [-0.1, -0.05) is 45.9 Å². The molecule has 0 atom stereocenters. The van der Waals surface area contributed by atoms with Gasteiger partial charge in [-0.2, -0.15) is 0 Å². The summed E-state index contributed by atoms with van der Waals surface area (Å²) in [5.41, 5.74) is 0.821. The van der Waals surface area contributed by atoms with E-state index >= 15 is 0 Å². The topological polar surface area (TPSA) is 67.4 Å². The Balaban J connectivity index is 3.02. The summed E-state index contributed by atoms with van der Waals surface area (Å²) in [4.78, 5) is 25.3. The van der Waals surface area contributed by atoms with E-state index in [2.05, 4.69) is 38.3 Å². The van der Waals surface area contributed by atoms with Gasteiger partial charge in [-0.25, -0.2) is 0 Å². The number of benzene rings is 1. The first-order valence-corrected chi connectivity index (χ1v) is 9.85. The first-order valence-electron chi connectivity index (χ1n) is 9.85. The van der Waals surface area contributed by atoms with E-state index in [0.29, 0.717) is 42.8 Å². The predicted molar refractivity (Wildman–Crippen MR) is 111 cm³/mol. The third-order valence-corrected chi connectivity index (χ3v) is 4.02. The van der Waals surface area contributed by atoms with E-state index in [0.717, 1.165) is 12.8 Å². The van der Waals surface area contributed by atoms with Gasteiger partial charge in [0.05, 0.1) is 6.61 Å². The molecule has 5 heteroatoms. The van der Waals surface area contributed by atoms with E-state index in [4.69, 9.17) is 4.74 Å². The highest BCUT2D eigenvalue weighted by molar-refractivity contribution is 6.21. The third-order valence-electron chi connectivity index (χ3n) is 4.02. The molecule has 1 rings (SSSR count). The van der Waals surface area contributed by atoms with E-state index in [1.807, 2.05) is 31.2 Å². The standard InChI is InChI=1S/C22H34N2O3/c1-6-27-20-10-8-7-9-18(20)15-19(21(25)23-13-11-16(2)3)22(26)24-14-12-17(4)5/h7-10,15-17H,6,11-14H2,1-5H3,(H,23,25)(H,24,26). The molecule has 0 saturated carbocycles. The Labute approximate surface area is 163 Å². The molecule has 0 bridgehead atoms. The average Bonchev–Trinajstić information content (AvgIpc) is 2.60. The van der Waals surface area contributed by atoms with Gasteiger partial charge in [-0.05, 0) is 43.7 Å². The SMILES string of the molecule is CCOc1ccccc1C=C(C(=O)NCCC(C)C)C(=O)NCCC(C)C. The zero-order valence-electron chi connectivity index (χ0n) is 17.3. The average molecular weight is 375 g/mol. The Kier molecular flexibility index (Phi) is 10.2. The van der Waals surface area contributed by atoms with Crippen molar-refractivity contribution in [3.63, 3.8) is 0 Å². The Morgan fingerprint density at radius 1 is 0.963 bits per heavy atom. The van der Waals surface area contributed by atoms with Crippen LogP contribution in [0.15, 0.2) is 29.8 Å². The van der Waals surface area contributed by atoms with E-state index in [-0.39, 0.29) is 17.4 Å². The molecule has 0 aliphatic rings. The van der Waals surface area contributed by atoms with Gasteiger partial charge in [0.1, 0.15) is 11.3 Å². The molecule has 0 aromatic heterocycles. The van der Waals surface area contributed by atoms with Gasteiger partial charge in [0.15, 0.2) is 0 Å². The number of carbonyl (C=O) groups is 2. The molecule has 0 heterocycles. The van der Waals surface area contributed by atoms with Gasteiger partial charge >= 0.3 is 0 Å². The number of hydrogen-bond donors (Lipinski definition) is 2. The molecule has 27 heavy (non-hydrogen) atoms. The molecular weight excluding hydrogens is 340 g/mol. The lowest BCUT2D eigenvalue weighted by molar-refractivity contribution is -0.123. The lowest BCUT2D eigenvalue weighted by atomic mass is 10.1. The Morgan fingerprint density at radius 2 is 1.48 bits per heavy atom. The van der Waals surface area contributed by atoms with Gasteiger partial charge < -0.3 is 15.4 Å². The minimum Gasteiger partial charge on any atom is -0.493 e. The van der Waals surface area contributed by atoms with Crippen LogP contribution < -0.4 is 15.4 Å².